The first kappa shape index (κ1) is 28.2. The Balaban J connectivity index is 1.41. The Labute approximate surface area is 273 Å². The highest BCUT2D eigenvalue weighted by Gasteiger charge is 2.18. The molecule has 8 rings (SSSR count). The second-order valence-electron chi connectivity index (χ2n) is 11.5. The second-order valence-corrected chi connectivity index (χ2v) is 11.5. The van der Waals surface area contributed by atoms with Crippen molar-refractivity contribution >= 4 is 50.9 Å². The molecule has 222 valence electrons. The van der Waals surface area contributed by atoms with E-state index in [1.807, 2.05) is 31.2 Å². The summed E-state index contributed by atoms with van der Waals surface area (Å²) < 4.78 is 0. The van der Waals surface area contributed by atoms with Gasteiger partial charge in [0.15, 0.2) is 5.82 Å². The number of nitrogens with zero attached hydrogens (tertiary/aromatic N) is 4. The molecule has 0 aliphatic carbocycles. The molecule has 0 unspecified atom stereocenters. The Morgan fingerprint density at radius 3 is 1.94 bits per heavy atom. The molecule has 0 aliphatic rings. The Morgan fingerprint density at radius 2 is 1.19 bits per heavy atom. The number of hydrogen-bond donors (Lipinski definition) is 0. The largest absolute Gasteiger partial charge is 0.262 e. The zero-order valence-electron chi connectivity index (χ0n) is 25.9. The Hall–Kier alpha value is -6.26. The molecule has 0 spiro atoms. The van der Waals surface area contributed by atoms with Crippen LogP contribution in [0.4, 0.5) is 5.69 Å². The first-order chi connectivity index (χ1) is 23.2. The van der Waals surface area contributed by atoms with Gasteiger partial charge in [-0.3, -0.25) is 9.98 Å². The standard InChI is InChI=1S/C43H30N4/c1-3-12-32-26-38(36-19-11-24-45-42(36)41(32)44-2)40-27-39(37-25-31-15-7-8-16-33(31)34-17-9-10-18-35(34)37)46-43(47-40)30-22-20-29(21-23-30)28-13-5-4-6-14-28/h3-27H,2H2,1H3/b12-3-. The number of rotatable bonds is 6. The van der Waals surface area contributed by atoms with Gasteiger partial charge in [-0.15, -0.1) is 0 Å². The molecule has 4 heteroatoms. The summed E-state index contributed by atoms with van der Waals surface area (Å²) in [6, 6.07) is 46.5. The van der Waals surface area contributed by atoms with Crippen LogP contribution in [0.2, 0.25) is 0 Å². The van der Waals surface area contributed by atoms with Crippen molar-refractivity contribution in [2.75, 3.05) is 0 Å². The lowest BCUT2D eigenvalue weighted by Crippen LogP contribution is -1.98. The predicted molar refractivity (Wildman–Crippen MR) is 198 cm³/mol. The molecule has 4 nitrogen and oxygen atoms in total. The van der Waals surface area contributed by atoms with Crippen LogP contribution in [0.5, 0.6) is 0 Å². The van der Waals surface area contributed by atoms with Gasteiger partial charge in [0.05, 0.1) is 22.6 Å². The minimum Gasteiger partial charge on any atom is -0.262 e. The quantitative estimate of drug-likeness (QED) is 0.140. The van der Waals surface area contributed by atoms with Gasteiger partial charge in [-0.25, -0.2) is 9.97 Å². The van der Waals surface area contributed by atoms with Gasteiger partial charge in [-0.05, 0) is 70.6 Å². The summed E-state index contributed by atoms with van der Waals surface area (Å²) in [4.78, 5) is 19.6. The zero-order chi connectivity index (χ0) is 31.7. The van der Waals surface area contributed by atoms with Crippen molar-refractivity contribution in [2.24, 2.45) is 4.99 Å². The molecule has 0 aliphatic heterocycles. The van der Waals surface area contributed by atoms with E-state index in [0.29, 0.717) is 5.82 Å². The van der Waals surface area contributed by atoms with Crippen molar-refractivity contribution in [3.63, 3.8) is 0 Å². The molecule has 0 atom stereocenters. The van der Waals surface area contributed by atoms with E-state index in [9.17, 15) is 0 Å². The van der Waals surface area contributed by atoms with E-state index >= 15 is 0 Å². The van der Waals surface area contributed by atoms with E-state index in [1.54, 1.807) is 6.20 Å². The number of benzene rings is 6. The fraction of sp³-hybridized carbons (Fsp3) is 0.0233. The molecular formula is C43H30N4. The molecule has 0 fully saturated rings. The smallest absolute Gasteiger partial charge is 0.160 e. The van der Waals surface area contributed by atoms with Crippen molar-refractivity contribution in [3.8, 4) is 45.0 Å². The summed E-state index contributed by atoms with van der Waals surface area (Å²) >= 11 is 0. The molecule has 0 saturated carbocycles. The van der Waals surface area contributed by atoms with Crippen LogP contribution in [0.1, 0.15) is 12.5 Å². The Morgan fingerprint density at radius 1 is 0.574 bits per heavy atom. The maximum atomic E-state index is 5.26. The topological polar surface area (TPSA) is 51.0 Å². The lowest BCUT2D eigenvalue weighted by Gasteiger charge is -2.15. The number of allylic oxidation sites excluding steroid dienone is 1. The van der Waals surface area contributed by atoms with Gasteiger partial charge in [0.1, 0.15) is 0 Å². The minimum atomic E-state index is 0.657. The van der Waals surface area contributed by atoms with E-state index in [0.717, 1.165) is 61.2 Å². The van der Waals surface area contributed by atoms with E-state index in [-0.39, 0.29) is 0 Å². The summed E-state index contributed by atoms with van der Waals surface area (Å²) in [5, 5.41) is 5.69. The third-order valence-corrected chi connectivity index (χ3v) is 8.70. The molecule has 0 bridgehead atoms. The van der Waals surface area contributed by atoms with E-state index in [2.05, 4.69) is 133 Å². The first-order valence-electron chi connectivity index (χ1n) is 15.7. The lowest BCUT2D eigenvalue weighted by atomic mass is 9.94. The summed E-state index contributed by atoms with van der Waals surface area (Å²) in [6.45, 7) is 5.87. The lowest BCUT2D eigenvalue weighted by molar-refractivity contribution is 1.19. The molecule has 2 heterocycles. The highest BCUT2D eigenvalue weighted by atomic mass is 14.9. The van der Waals surface area contributed by atoms with E-state index < -0.39 is 0 Å². The molecular weight excluding hydrogens is 573 g/mol. The predicted octanol–water partition coefficient (Wildman–Crippen LogP) is 11.4. The number of fused-ring (bicyclic) bond motifs is 4. The summed E-state index contributed by atoms with van der Waals surface area (Å²) in [5.41, 5.74) is 9.44. The van der Waals surface area contributed by atoms with E-state index in [4.69, 9.17) is 15.0 Å². The molecule has 6 aromatic carbocycles. The zero-order valence-corrected chi connectivity index (χ0v) is 25.9. The normalized spacial score (nSPS) is 11.5. The monoisotopic (exact) mass is 602 g/mol. The third-order valence-electron chi connectivity index (χ3n) is 8.70. The van der Waals surface area contributed by atoms with Gasteiger partial charge in [-0.2, -0.15) is 0 Å². The molecule has 0 amide bonds. The SMILES string of the molecule is C=Nc1c(/C=C\C)cc(-c2cc(-c3cc4ccccc4c4ccccc34)nc(-c3ccc(-c4ccccc4)cc3)n2)c2cccnc12. The summed E-state index contributed by atoms with van der Waals surface area (Å²) in [6.07, 6.45) is 5.85. The van der Waals surface area contributed by atoms with Gasteiger partial charge in [-0.1, -0.05) is 121 Å². The van der Waals surface area contributed by atoms with Gasteiger partial charge in [0, 0.05) is 33.8 Å². The van der Waals surface area contributed by atoms with E-state index in [1.165, 1.54) is 21.7 Å². The molecule has 47 heavy (non-hydrogen) atoms. The minimum absolute atomic E-state index is 0.657. The van der Waals surface area contributed by atoms with Crippen LogP contribution in [-0.4, -0.2) is 21.7 Å². The fourth-order valence-electron chi connectivity index (χ4n) is 6.50. The van der Waals surface area contributed by atoms with Crippen LogP contribution in [0, 0.1) is 0 Å². The van der Waals surface area contributed by atoms with Crippen molar-refractivity contribution in [2.45, 2.75) is 6.92 Å². The second kappa shape index (κ2) is 11.9. The summed E-state index contributed by atoms with van der Waals surface area (Å²) in [5.74, 6) is 0.657. The van der Waals surface area contributed by atoms with Gasteiger partial charge >= 0.3 is 0 Å². The number of aromatic nitrogens is 3. The van der Waals surface area contributed by atoms with Crippen LogP contribution < -0.4 is 0 Å². The average molecular weight is 603 g/mol. The van der Waals surface area contributed by atoms with Crippen LogP contribution in [0.25, 0.3) is 83.6 Å². The van der Waals surface area contributed by atoms with Crippen molar-refractivity contribution < 1.29 is 0 Å². The first-order valence-corrected chi connectivity index (χ1v) is 15.7. The van der Waals surface area contributed by atoms with Gasteiger partial charge < -0.3 is 0 Å². The van der Waals surface area contributed by atoms with Gasteiger partial charge in [0.2, 0.25) is 0 Å². The summed E-state index contributed by atoms with van der Waals surface area (Å²) in [7, 11) is 0. The molecule has 0 saturated heterocycles. The number of pyridine rings is 1. The van der Waals surface area contributed by atoms with Crippen molar-refractivity contribution in [1.82, 2.24) is 15.0 Å². The molecule has 2 aromatic heterocycles. The highest BCUT2D eigenvalue weighted by molar-refractivity contribution is 6.13. The maximum Gasteiger partial charge on any atom is 0.160 e. The Kier molecular flexibility index (Phi) is 7.16. The third kappa shape index (κ3) is 5.06. The van der Waals surface area contributed by atoms with Crippen molar-refractivity contribution in [1.29, 1.82) is 0 Å². The van der Waals surface area contributed by atoms with Crippen LogP contribution in [-0.2, 0) is 0 Å². The molecule has 0 N–H and O–H groups in total. The average Bonchev–Trinajstić information content (AvgIpc) is 3.14. The van der Waals surface area contributed by atoms with Gasteiger partial charge in [0.25, 0.3) is 0 Å². The van der Waals surface area contributed by atoms with Crippen LogP contribution in [0.3, 0.4) is 0 Å². The number of hydrogen-bond acceptors (Lipinski definition) is 4. The molecule has 8 aromatic rings. The number of aliphatic imine (C=N–C) groups is 1. The fourth-order valence-corrected chi connectivity index (χ4v) is 6.50. The van der Waals surface area contributed by atoms with Crippen LogP contribution in [0.15, 0.2) is 151 Å². The highest BCUT2D eigenvalue weighted by Crippen LogP contribution is 2.40. The van der Waals surface area contributed by atoms with Crippen LogP contribution >= 0.6 is 0 Å². The van der Waals surface area contributed by atoms with Crippen molar-refractivity contribution in [3.05, 3.63) is 151 Å². The Bertz CT molecular complexity index is 2480. The maximum absolute atomic E-state index is 5.26. The molecule has 0 radical (unpaired) electrons.